The first-order valence-electron chi connectivity index (χ1n) is 6.57. The summed E-state index contributed by atoms with van der Waals surface area (Å²) in [6, 6.07) is 10.3. The summed E-state index contributed by atoms with van der Waals surface area (Å²) in [5, 5.41) is 0. The van der Waals surface area contributed by atoms with Crippen molar-refractivity contribution in [3.63, 3.8) is 0 Å². The summed E-state index contributed by atoms with van der Waals surface area (Å²) >= 11 is 1.79. The molecule has 1 aliphatic rings. The maximum Gasteiger partial charge on any atom is 0.136 e. The molecule has 0 heterocycles. The number of thioether (sulfide) groups is 1. The van der Waals surface area contributed by atoms with Crippen molar-refractivity contribution < 1.29 is 4.79 Å². The van der Waals surface area contributed by atoms with E-state index < -0.39 is 0 Å². The van der Waals surface area contributed by atoms with Gasteiger partial charge < -0.3 is 0 Å². The normalized spacial score (nSPS) is 16.9. The van der Waals surface area contributed by atoms with Crippen LogP contribution in [0.15, 0.2) is 35.2 Å². The molecule has 1 aromatic carbocycles. The number of ketones is 1. The van der Waals surface area contributed by atoms with E-state index in [-0.39, 0.29) is 0 Å². The predicted octanol–water partition coefficient (Wildman–Crippen LogP) is 4.32. The van der Waals surface area contributed by atoms with Gasteiger partial charge in [0.2, 0.25) is 0 Å². The van der Waals surface area contributed by atoms with Crippen molar-refractivity contribution in [2.75, 3.05) is 5.75 Å². The molecule has 2 heteroatoms. The van der Waals surface area contributed by atoms with Crippen LogP contribution in [0.3, 0.4) is 0 Å². The zero-order chi connectivity index (χ0) is 11.9. The molecular weight excluding hydrogens is 228 g/mol. The lowest BCUT2D eigenvalue weighted by molar-refractivity contribution is -0.123. The van der Waals surface area contributed by atoms with E-state index in [1.165, 1.54) is 24.2 Å². The first-order chi connectivity index (χ1) is 8.36. The average Bonchev–Trinajstić information content (AvgIpc) is 2.41. The van der Waals surface area contributed by atoms with E-state index in [0.29, 0.717) is 11.7 Å². The Morgan fingerprint density at radius 3 is 2.53 bits per heavy atom. The molecule has 0 bridgehead atoms. The summed E-state index contributed by atoms with van der Waals surface area (Å²) < 4.78 is 0. The van der Waals surface area contributed by atoms with E-state index in [4.69, 9.17) is 0 Å². The highest BCUT2D eigenvalue weighted by Crippen LogP contribution is 2.26. The molecule has 0 amide bonds. The lowest BCUT2D eigenvalue weighted by Gasteiger charge is -2.20. The monoisotopic (exact) mass is 248 g/mol. The van der Waals surface area contributed by atoms with Gasteiger partial charge in [-0.1, -0.05) is 37.5 Å². The van der Waals surface area contributed by atoms with Gasteiger partial charge in [0, 0.05) is 23.0 Å². The van der Waals surface area contributed by atoms with Crippen molar-refractivity contribution in [3.8, 4) is 0 Å². The number of Topliss-reactive ketones (excluding diaryl/α,β-unsaturated/α-hetero) is 1. The second-order valence-corrected chi connectivity index (χ2v) is 5.88. The summed E-state index contributed by atoms with van der Waals surface area (Å²) in [4.78, 5) is 13.2. The van der Waals surface area contributed by atoms with Crippen LogP contribution in [0.4, 0.5) is 0 Å². The minimum atomic E-state index is 0.375. The first kappa shape index (κ1) is 12.7. The van der Waals surface area contributed by atoms with Crippen LogP contribution in [0.1, 0.15) is 38.5 Å². The van der Waals surface area contributed by atoms with E-state index in [0.717, 1.165) is 25.0 Å². The Morgan fingerprint density at radius 2 is 1.82 bits per heavy atom. The van der Waals surface area contributed by atoms with Gasteiger partial charge in [0.15, 0.2) is 0 Å². The highest BCUT2D eigenvalue weighted by molar-refractivity contribution is 7.99. The fourth-order valence-corrected chi connectivity index (χ4v) is 3.30. The summed E-state index contributed by atoms with van der Waals surface area (Å²) in [6.07, 6.45) is 6.83. The third kappa shape index (κ3) is 4.19. The topological polar surface area (TPSA) is 17.1 Å². The van der Waals surface area contributed by atoms with E-state index in [2.05, 4.69) is 12.1 Å². The lowest BCUT2D eigenvalue weighted by atomic mass is 9.85. The molecule has 0 aliphatic heterocycles. The van der Waals surface area contributed by atoms with Gasteiger partial charge in [-0.15, -0.1) is 11.8 Å². The van der Waals surface area contributed by atoms with Crippen LogP contribution in [-0.2, 0) is 4.79 Å². The van der Waals surface area contributed by atoms with Crippen LogP contribution in [0.25, 0.3) is 0 Å². The van der Waals surface area contributed by atoms with Crippen LogP contribution >= 0.6 is 11.8 Å². The minimum absolute atomic E-state index is 0.375. The Labute approximate surface area is 108 Å². The molecule has 1 aliphatic carbocycles. The van der Waals surface area contributed by atoms with Gasteiger partial charge in [0.25, 0.3) is 0 Å². The SMILES string of the molecule is O=C(CCSc1ccccc1)C1CCCCC1. The fraction of sp³-hybridized carbons (Fsp3) is 0.533. The number of hydrogen-bond donors (Lipinski definition) is 0. The van der Waals surface area contributed by atoms with E-state index in [1.54, 1.807) is 11.8 Å². The Bertz CT molecular complexity index is 341. The molecule has 0 radical (unpaired) electrons. The van der Waals surface area contributed by atoms with Crippen molar-refractivity contribution >= 4 is 17.5 Å². The standard InChI is InChI=1S/C15H20OS/c16-15(13-7-3-1-4-8-13)11-12-17-14-9-5-2-6-10-14/h2,5-6,9-10,13H,1,3-4,7-8,11-12H2. The molecule has 0 saturated heterocycles. The smallest absolute Gasteiger partial charge is 0.136 e. The van der Waals surface area contributed by atoms with Crippen LogP contribution < -0.4 is 0 Å². The molecule has 2 rings (SSSR count). The van der Waals surface area contributed by atoms with Crippen molar-refractivity contribution in [1.29, 1.82) is 0 Å². The molecule has 0 N–H and O–H groups in total. The van der Waals surface area contributed by atoms with Crippen LogP contribution in [0.2, 0.25) is 0 Å². The van der Waals surface area contributed by atoms with Crippen molar-refractivity contribution in [2.45, 2.75) is 43.4 Å². The number of rotatable bonds is 5. The molecule has 1 fully saturated rings. The molecule has 1 aromatic rings. The van der Waals surface area contributed by atoms with E-state index >= 15 is 0 Å². The minimum Gasteiger partial charge on any atom is -0.299 e. The molecule has 92 valence electrons. The van der Waals surface area contributed by atoms with Gasteiger partial charge in [0.05, 0.1) is 0 Å². The van der Waals surface area contributed by atoms with Gasteiger partial charge in [0.1, 0.15) is 5.78 Å². The fourth-order valence-electron chi connectivity index (χ4n) is 2.41. The van der Waals surface area contributed by atoms with Crippen LogP contribution in [0, 0.1) is 5.92 Å². The van der Waals surface area contributed by atoms with Gasteiger partial charge in [-0.05, 0) is 25.0 Å². The van der Waals surface area contributed by atoms with E-state index in [9.17, 15) is 4.79 Å². The highest BCUT2D eigenvalue weighted by atomic mass is 32.2. The molecular formula is C15H20OS. The summed E-state index contributed by atoms with van der Waals surface area (Å²) in [5.74, 6) is 1.80. The Kier molecular flexibility index (Phi) is 5.11. The average molecular weight is 248 g/mol. The molecule has 0 aromatic heterocycles. The van der Waals surface area contributed by atoms with Crippen LogP contribution in [0.5, 0.6) is 0 Å². The summed E-state index contributed by atoms with van der Waals surface area (Å²) in [6.45, 7) is 0. The Morgan fingerprint density at radius 1 is 1.12 bits per heavy atom. The van der Waals surface area contributed by atoms with Gasteiger partial charge in [-0.25, -0.2) is 0 Å². The third-order valence-electron chi connectivity index (χ3n) is 3.42. The second kappa shape index (κ2) is 6.85. The quantitative estimate of drug-likeness (QED) is 0.722. The maximum atomic E-state index is 12.0. The molecule has 0 spiro atoms. The number of carbonyl (C=O) groups is 1. The van der Waals surface area contributed by atoms with Crippen molar-refractivity contribution in [1.82, 2.24) is 0 Å². The van der Waals surface area contributed by atoms with Gasteiger partial charge in [-0.2, -0.15) is 0 Å². The third-order valence-corrected chi connectivity index (χ3v) is 4.43. The number of benzene rings is 1. The van der Waals surface area contributed by atoms with Crippen molar-refractivity contribution in [3.05, 3.63) is 30.3 Å². The summed E-state index contributed by atoms with van der Waals surface area (Å²) in [7, 11) is 0. The van der Waals surface area contributed by atoms with Gasteiger partial charge >= 0.3 is 0 Å². The predicted molar refractivity (Wildman–Crippen MR) is 73.4 cm³/mol. The first-order valence-corrected chi connectivity index (χ1v) is 7.55. The number of carbonyl (C=O) groups excluding carboxylic acids is 1. The Hall–Kier alpha value is -0.760. The largest absolute Gasteiger partial charge is 0.299 e. The maximum absolute atomic E-state index is 12.0. The zero-order valence-corrected chi connectivity index (χ0v) is 11.0. The van der Waals surface area contributed by atoms with Gasteiger partial charge in [-0.3, -0.25) is 4.79 Å². The Balaban J connectivity index is 1.69. The highest BCUT2D eigenvalue weighted by Gasteiger charge is 2.20. The molecule has 0 atom stereocenters. The van der Waals surface area contributed by atoms with Crippen LogP contribution in [-0.4, -0.2) is 11.5 Å². The molecule has 17 heavy (non-hydrogen) atoms. The van der Waals surface area contributed by atoms with Crippen molar-refractivity contribution in [2.24, 2.45) is 5.92 Å². The molecule has 0 unspecified atom stereocenters. The molecule has 1 nitrogen and oxygen atoms in total. The second-order valence-electron chi connectivity index (χ2n) is 4.71. The molecule has 1 saturated carbocycles. The summed E-state index contributed by atoms with van der Waals surface area (Å²) in [5.41, 5.74) is 0. The van der Waals surface area contributed by atoms with E-state index in [1.807, 2.05) is 18.2 Å². The lowest BCUT2D eigenvalue weighted by Crippen LogP contribution is -2.17. The number of hydrogen-bond acceptors (Lipinski definition) is 2. The zero-order valence-electron chi connectivity index (χ0n) is 10.2.